The minimum Gasteiger partial charge on any atom is -0.377 e. The summed E-state index contributed by atoms with van der Waals surface area (Å²) in [7, 11) is 3.84. The lowest BCUT2D eigenvalue weighted by Gasteiger charge is -2.18. The molecule has 1 aliphatic heterocycles. The third-order valence-corrected chi connectivity index (χ3v) is 4.73. The van der Waals surface area contributed by atoms with E-state index in [1.165, 1.54) is 0 Å². The van der Waals surface area contributed by atoms with E-state index < -0.39 is 0 Å². The molecule has 2 aromatic carbocycles. The van der Waals surface area contributed by atoms with E-state index in [4.69, 9.17) is 0 Å². The Kier molecular flexibility index (Phi) is 5.18. The second-order valence-corrected chi connectivity index (χ2v) is 7.10. The predicted molar refractivity (Wildman–Crippen MR) is 120 cm³/mol. The fraction of sp³-hybridized carbons (Fsp3) is 0.182. The highest BCUT2D eigenvalue weighted by Crippen LogP contribution is 2.27. The lowest BCUT2D eigenvalue weighted by molar-refractivity contribution is 0.840. The molecule has 150 valence electrons. The molecule has 0 amide bonds. The first-order valence-corrected chi connectivity index (χ1v) is 9.51. The summed E-state index contributed by atoms with van der Waals surface area (Å²) in [5.41, 5.74) is 8.31. The Labute approximate surface area is 175 Å². The van der Waals surface area contributed by atoms with E-state index in [2.05, 4.69) is 31.8 Å². The lowest BCUT2D eigenvalue weighted by atomic mass is 10.1. The highest BCUT2D eigenvalue weighted by molar-refractivity contribution is 5.83. The Bertz CT molecular complexity index is 1130. The molecule has 8 nitrogen and oxygen atoms in total. The SMILES string of the molecule is CC1=NCN(c2ccc(Nc3nccc(-c4ccc(C#N)c(N(C)C)c4)n3)cc2)N1. The van der Waals surface area contributed by atoms with E-state index in [0.29, 0.717) is 18.2 Å². The van der Waals surface area contributed by atoms with E-state index >= 15 is 0 Å². The maximum atomic E-state index is 9.31. The van der Waals surface area contributed by atoms with Crippen LogP contribution in [0, 0.1) is 11.3 Å². The third-order valence-electron chi connectivity index (χ3n) is 4.73. The summed E-state index contributed by atoms with van der Waals surface area (Å²) in [6, 6.07) is 17.7. The Morgan fingerprint density at radius 2 is 1.93 bits per heavy atom. The quantitative estimate of drug-likeness (QED) is 0.679. The van der Waals surface area contributed by atoms with Crippen LogP contribution in [0.4, 0.5) is 23.0 Å². The van der Waals surface area contributed by atoms with Crippen LogP contribution in [0.3, 0.4) is 0 Å². The summed E-state index contributed by atoms with van der Waals surface area (Å²) in [5.74, 6) is 1.41. The number of nitrogens with one attached hydrogen (secondary N) is 2. The zero-order valence-corrected chi connectivity index (χ0v) is 17.1. The van der Waals surface area contributed by atoms with Crippen LogP contribution in [0.15, 0.2) is 59.7 Å². The third kappa shape index (κ3) is 4.00. The molecule has 30 heavy (non-hydrogen) atoms. The van der Waals surface area contributed by atoms with Gasteiger partial charge in [0.2, 0.25) is 5.95 Å². The fourth-order valence-electron chi connectivity index (χ4n) is 3.18. The molecule has 4 rings (SSSR count). The van der Waals surface area contributed by atoms with Crippen molar-refractivity contribution in [1.29, 1.82) is 5.26 Å². The average molecular weight is 398 g/mol. The Morgan fingerprint density at radius 3 is 2.60 bits per heavy atom. The van der Waals surface area contributed by atoms with Crippen molar-refractivity contribution < 1.29 is 0 Å². The zero-order valence-electron chi connectivity index (χ0n) is 17.1. The van der Waals surface area contributed by atoms with Gasteiger partial charge in [-0.3, -0.25) is 10.4 Å². The Morgan fingerprint density at radius 1 is 1.13 bits per heavy atom. The predicted octanol–water partition coefficient (Wildman–Crippen LogP) is 3.53. The molecule has 0 atom stereocenters. The number of rotatable bonds is 5. The molecule has 0 fully saturated rings. The number of benzene rings is 2. The van der Waals surface area contributed by atoms with Crippen molar-refractivity contribution >= 4 is 28.8 Å². The monoisotopic (exact) mass is 398 g/mol. The standard InChI is InChI=1S/C22H22N8/c1-15-25-14-30(28-15)19-8-6-18(7-9-19)26-22-24-11-10-20(27-22)16-4-5-17(13-23)21(12-16)29(2)3/h4-12H,14H2,1-3H3,(H,25,28)(H,24,26,27). The smallest absolute Gasteiger partial charge is 0.227 e. The molecule has 1 aliphatic rings. The fourth-order valence-corrected chi connectivity index (χ4v) is 3.18. The Balaban J connectivity index is 1.53. The number of anilines is 4. The largest absolute Gasteiger partial charge is 0.377 e. The van der Waals surface area contributed by atoms with Gasteiger partial charge < -0.3 is 10.2 Å². The molecule has 2 heterocycles. The van der Waals surface area contributed by atoms with Crippen molar-refractivity contribution in [2.24, 2.45) is 4.99 Å². The van der Waals surface area contributed by atoms with Crippen molar-refractivity contribution in [3.63, 3.8) is 0 Å². The van der Waals surface area contributed by atoms with Crippen LogP contribution in [0.5, 0.6) is 0 Å². The van der Waals surface area contributed by atoms with Crippen molar-refractivity contribution in [1.82, 2.24) is 15.4 Å². The zero-order chi connectivity index (χ0) is 21.1. The summed E-state index contributed by atoms with van der Waals surface area (Å²) in [6.45, 7) is 2.54. The van der Waals surface area contributed by atoms with Gasteiger partial charge in [0.1, 0.15) is 18.6 Å². The first-order chi connectivity index (χ1) is 14.5. The second kappa shape index (κ2) is 8.09. The van der Waals surface area contributed by atoms with E-state index in [9.17, 15) is 5.26 Å². The van der Waals surface area contributed by atoms with E-state index in [1.54, 1.807) is 6.20 Å². The maximum absolute atomic E-state index is 9.31. The number of hydrogen-bond donors (Lipinski definition) is 2. The van der Waals surface area contributed by atoms with Crippen LogP contribution in [0.1, 0.15) is 12.5 Å². The molecule has 0 spiro atoms. The number of hydrogen-bond acceptors (Lipinski definition) is 8. The van der Waals surface area contributed by atoms with Crippen LogP contribution >= 0.6 is 0 Å². The summed E-state index contributed by atoms with van der Waals surface area (Å²) in [6.07, 6.45) is 1.72. The topological polar surface area (TPSA) is 92.5 Å². The Hall–Kier alpha value is -4.12. The summed E-state index contributed by atoms with van der Waals surface area (Å²) in [5, 5.41) is 14.5. The molecule has 8 heteroatoms. The normalized spacial score (nSPS) is 12.7. The van der Waals surface area contributed by atoms with Gasteiger partial charge in [0.25, 0.3) is 0 Å². The van der Waals surface area contributed by atoms with Gasteiger partial charge in [0.15, 0.2) is 0 Å². The van der Waals surface area contributed by atoms with Gasteiger partial charge in [0, 0.05) is 31.5 Å². The van der Waals surface area contributed by atoms with E-state index in [-0.39, 0.29) is 0 Å². The molecule has 0 bridgehead atoms. The molecule has 2 N–H and O–H groups in total. The molecular formula is C22H22N8. The van der Waals surface area contributed by atoms with Gasteiger partial charge in [-0.15, -0.1) is 0 Å². The summed E-state index contributed by atoms with van der Waals surface area (Å²) >= 11 is 0. The van der Waals surface area contributed by atoms with Gasteiger partial charge in [-0.05, 0) is 49.4 Å². The van der Waals surface area contributed by atoms with Gasteiger partial charge in [-0.25, -0.2) is 15.0 Å². The number of amidine groups is 1. The highest BCUT2D eigenvalue weighted by Gasteiger charge is 2.12. The van der Waals surface area contributed by atoms with Crippen LogP contribution in [-0.4, -0.2) is 36.6 Å². The maximum Gasteiger partial charge on any atom is 0.227 e. The van der Waals surface area contributed by atoms with Crippen molar-refractivity contribution in [3.05, 3.63) is 60.3 Å². The molecule has 0 saturated carbocycles. The summed E-state index contributed by atoms with van der Waals surface area (Å²) < 4.78 is 0. The van der Waals surface area contributed by atoms with E-state index in [1.807, 2.05) is 79.5 Å². The molecule has 3 aromatic rings. The summed E-state index contributed by atoms with van der Waals surface area (Å²) in [4.78, 5) is 15.2. The first-order valence-electron chi connectivity index (χ1n) is 9.51. The van der Waals surface area contributed by atoms with Crippen LogP contribution in [0.2, 0.25) is 0 Å². The lowest BCUT2D eigenvalue weighted by Crippen LogP contribution is -2.34. The molecule has 0 radical (unpaired) electrons. The average Bonchev–Trinajstić information content (AvgIpc) is 3.20. The number of hydrazine groups is 1. The van der Waals surface area contributed by atoms with Crippen molar-refractivity contribution in [3.8, 4) is 17.3 Å². The first kappa shape index (κ1) is 19.2. The number of nitrogens with zero attached hydrogens (tertiary/aromatic N) is 6. The van der Waals surface area contributed by atoms with Gasteiger partial charge in [-0.1, -0.05) is 6.07 Å². The number of aliphatic imine (C=N–C) groups is 1. The number of aromatic nitrogens is 2. The van der Waals surface area contributed by atoms with Crippen LogP contribution in [0.25, 0.3) is 11.3 Å². The number of nitriles is 1. The molecule has 0 unspecified atom stereocenters. The van der Waals surface area contributed by atoms with E-state index in [0.717, 1.165) is 34.2 Å². The van der Waals surface area contributed by atoms with Gasteiger partial charge >= 0.3 is 0 Å². The van der Waals surface area contributed by atoms with Gasteiger partial charge in [-0.2, -0.15) is 5.26 Å². The van der Waals surface area contributed by atoms with Crippen molar-refractivity contribution in [2.45, 2.75) is 6.92 Å². The highest BCUT2D eigenvalue weighted by atomic mass is 15.6. The minimum absolute atomic E-state index is 0.509. The second-order valence-electron chi connectivity index (χ2n) is 7.10. The van der Waals surface area contributed by atoms with Crippen LogP contribution in [-0.2, 0) is 0 Å². The molecule has 0 saturated heterocycles. The molecule has 0 aliphatic carbocycles. The van der Waals surface area contributed by atoms with Crippen molar-refractivity contribution in [2.75, 3.05) is 36.0 Å². The minimum atomic E-state index is 0.509. The van der Waals surface area contributed by atoms with Crippen LogP contribution < -0.4 is 20.7 Å². The molecular weight excluding hydrogens is 376 g/mol. The molecule has 1 aromatic heterocycles. The van der Waals surface area contributed by atoms with Gasteiger partial charge in [0.05, 0.1) is 22.6 Å².